The Morgan fingerprint density at radius 3 is 2.68 bits per heavy atom. The number of nitrogens with one attached hydrogen (secondary N) is 1. The molecule has 0 saturated heterocycles. The Morgan fingerprint density at radius 1 is 1.24 bits per heavy atom. The molecule has 0 radical (unpaired) electrons. The van der Waals surface area contributed by atoms with Gasteiger partial charge in [0.05, 0.1) is 30.2 Å². The van der Waals surface area contributed by atoms with Crippen molar-refractivity contribution in [3.63, 3.8) is 0 Å². The topological polar surface area (TPSA) is 110 Å². The lowest BCUT2D eigenvalue weighted by molar-refractivity contribution is -0.132. The van der Waals surface area contributed by atoms with Crippen LogP contribution in [0.3, 0.4) is 0 Å². The van der Waals surface area contributed by atoms with Crippen LogP contribution in [0.2, 0.25) is 0 Å². The number of hydrogen-bond donors (Lipinski definition) is 2. The Hall–Kier alpha value is -3.56. The number of guanidine groups is 1. The van der Waals surface area contributed by atoms with E-state index in [2.05, 4.69) is 15.3 Å². The summed E-state index contributed by atoms with van der Waals surface area (Å²) in [6, 6.07) is 4.47. The summed E-state index contributed by atoms with van der Waals surface area (Å²) >= 11 is 0. The van der Waals surface area contributed by atoms with Gasteiger partial charge in [-0.05, 0) is 69.4 Å². The van der Waals surface area contributed by atoms with E-state index in [1.165, 1.54) is 29.3 Å². The van der Waals surface area contributed by atoms with Gasteiger partial charge in [-0.25, -0.2) is 13.8 Å². The molecule has 0 bridgehead atoms. The van der Waals surface area contributed by atoms with Crippen LogP contribution < -0.4 is 15.8 Å². The zero-order valence-electron chi connectivity index (χ0n) is 22.0. The van der Waals surface area contributed by atoms with Gasteiger partial charge in [-0.15, -0.1) is 0 Å². The van der Waals surface area contributed by atoms with Crippen LogP contribution in [0.5, 0.6) is 5.75 Å². The van der Waals surface area contributed by atoms with Gasteiger partial charge in [-0.3, -0.25) is 19.5 Å². The molecule has 38 heavy (non-hydrogen) atoms. The van der Waals surface area contributed by atoms with Crippen LogP contribution >= 0.6 is 0 Å². The first-order valence-corrected chi connectivity index (χ1v) is 13.0. The lowest BCUT2D eigenvalue weighted by atomic mass is 9.89. The van der Waals surface area contributed by atoms with Gasteiger partial charge in [0.1, 0.15) is 23.0 Å². The fourth-order valence-electron chi connectivity index (χ4n) is 5.69. The van der Waals surface area contributed by atoms with E-state index >= 15 is 0 Å². The van der Waals surface area contributed by atoms with Crippen LogP contribution in [0, 0.1) is 23.5 Å². The normalized spacial score (nSPS) is 28.6. The molecule has 3 aliphatic rings. The Kier molecular flexibility index (Phi) is 6.39. The highest BCUT2D eigenvalue weighted by Crippen LogP contribution is 2.52. The number of aliphatic imine (C=N–C) groups is 1. The quantitative estimate of drug-likeness (QED) is 0.588. The number of nitrogens with zero attached hydrogens (tertiary/aromatic N) is 3. The number of carbonyl (C=O) groups is 2. The van der Waals surface area contributed by atoms with Crippen molar-refractivity contribution < 1.29 is 23.1 Å². The van der Waals surface area contributed by atoms with Crippen molar-refractivity contribution in [3.05, 3.63) is 59.4 Å². The number of benzene rings is 1. The number of carbonyl (C=O) groups excluding carboxylic acids is 2. The Labute approximate surface area is 220 Å². The average molecular weight is 526 g/mol. The minimum absolute atomic E-state index is 0.0569. The SMILES string of the molecule is CC[C@@]1(C)CC(=O)N([C@H](c2cncc(F)c2)[C@H]2CC2C(=O)N[C@H]2CC(C)(C)Oc3ccc(F)cc32)C(N)=N1. The van der Waals surface area contributed by atoms with Crippen molar-refractivity contribution in [1.29, 1.82) is 0 Å². The van der Waals surface area contributed by atoms with E-state index in [9.17, 15) is 18.4 Å². The number of fused-ring (bicyclic) bond motifs is 1. The molecule has 1 unspecified atom stereocenters. The van der Waals surface area contributed by atoms with E-state index in [-0.39, 0.29) is 30.1 Å². The van der Waals surface area contributed by atoms with Crippen molar-refractivity contribution in [3.8, 4) is 5.75 Å². The molecule has 8 nitrogen and oxygen atoms in total. The summed E-state index contributed by atoms with van der Waals surface area (Å²) in [5.41, 5.74) is 6.20. The largest absolute Gasteiger partial charge is 0.487 e. The van der Waals surface area contributed by atoms with Crippen LogP contribution in [0.25, 0.3) is 0 Å². The van der Waals surface area contributed by atoms with E-state index in [1.807, 2.05) is 27.7 Å². The lowest BCUT2D eigenvalue weighted by Gasteiger charge is -2.39. The monoisotopic (exact) mass is 525 g/mol. The molecule has 2 aliphatic heterocycles. The lowest BCUT2D eigenvalue weighted by Crippen LogP contribution is -2.52. The van der Waals surface area contributed by atoms with E-state index in [0.717, 1.165) is 6.20 Å². The van der Waals surface area contributed by atoms with Crippen LogP contribution in [0.4, 0.5) is 8.78 Å². The molecular weight excluding hydrogens is 492 g/mol. The molecule has 202 valence electrons. The van der Waals surface area contributed by atoms with Crippen molar-refractivity contribution in [2.75, 3.05) is 0 Å². The van der Waals surface area contributed by atoms with Crippen molar-refractivity contribution in [2.45, 2.75) is 76.6 Å². The van der Waals surface area contributed by atoms with Crippen molar-refractivity contribution in [2.24, 2.45) is 22.6 Å². The Bertz CT molecular complexity index is 1320. The zero-order valence-corrected chi connectivity index (χ0v) is 22.0. The van der Waals surface area contributed by atoms with Gasteiger partial charge in [0, 0.05) is 24.1 Å². The third-order valence-electron chi connectivity index (χ3n) is 7.87. The molecule has 5 rings (SSSR count). The van der Waals surface area contributed by atoms with Crippen LogP contribution in [0.1, 0.15) is 76.6 Å². The van der Waals surface area contributed by atoms with E-state index < -0.39 is 40.8 Å². The first kappa shape index (κ1) is 26.1. The van der Waals surface area contributed by atoms with Crippen LogP contribution in [0.15, 0.2) is 41.7 Å². The molecule has 5 atom stereocenters. The maximum absolute atomic E-state index is 14.2. The fourth-order valence-corrected chi connectivity index (χ4v) is 5.69. The molecule has 2 aromatic rings. The van der Waals surface area contributed by atoms with E-state index in [4.69, 9.17) is 10.5 Å². The first-order chi connectivity index (χ1) is 17.9. The number of hydrogen-bond acceptors (Lipinski definition) is 6. The highest BCUT2D eigenvalue weighted by molar-refractivity contribution is 5.99. The van der Waals surface area contributed by atoms with Gasteiger partial charge in [0.15, 0.2) is 5.96 Å². The van der Waals surface area contributed by atoms with Gasteiger partial charge in [-0.2, -0.15) is 0 Å². The molecule has 0 spiro atoms. The number of aromatic nitrogens is 1. The standard InChI is InChI=1S/C28H33F2N5O3/c1-5-28(4)12-23(36)35(26(31)34-28)24(15-8-17(30)14-32-13-15)18-10-19(18)25(37)33-21-11-27(2,3)38-22-7-6-16(29)9-20(21)22/h6-9,13-14,18-19,21,24H,5,10-12H2,1-4H3,(H2,31,34)(H,33,37)/t18-,19?,21-,24+,28-/m0/s1. The maximum atomic E-state index is 14.2. The summed E-state index contributed by atoms with van der Waals surface area (Å²) in [7, 11) is 0. The second-order valence-electron chi connectivity index (χ2n) is 11.5. The summed E-state index contributed by atoms with van der Waals surface area (Å²) in [6.07, 6.45) is 4.31. The maximum Gasteiger partial charge on any atom is 0.232 e. The third kappa shape index (κ3) is 4.96. The zero-order chi connectivity index (χ0) is 27.4. The molecule has 1 aromatic carbocycles. The number of nitrogens with two attached hydrogens (primary N) is 1. The minimum Gasteiger partial charge on any atom is -0.487 e. The van der Waals surface area contributed by atoms with Gasteiger partial charge < -0.3 is 15.8 Å². The summed E-state index contributed by atoms with van der Waals surface area (Å²) in [6.45, 7) is 7.65. The minimum atomic E-state index is -0.692. The molecular formula is C28H33F2N5O3. The number of rotatable bonds is 6. The highest BCUT2D eigenvalue weighted by Gasteiger charge is 2.53. The highest BCUT2D eigenvalue weighted by atomic mass is 19.1. The number of halogens is 2. The van der Waals surface area contributed by atoms with Crippen LogP contribution in [-0.4, -0.2) is 38.8 Å². The summed E-state index contributed by atoms with van der Waals surface area (Å²) in [5.74, 6) is -1.58. The van der Waals surface area contributed by atoms with Crippen LogP contribution in [-0.2, 0) is 9.59 Å². The van der Waals surface area contributed by atoms with Gasteiger partial charge in [0.2, 0.25) is 11.8 Å². The van der Waals surface area contributed by atoms with Gasteiger partial charge >= 0.3 is 0 Å². The second kappa shape index (κ2) is 9.32. The summed E-state index contributed by atoms with van der Waals surface area (Å²) in [4.78, 5) is 36.8. The number of ether oxygens (including phenoxy) is 1. The third-order valence-corrected chi connectivity index (χ3v) is 7.87. The fraction of sp³-hybridized carbons (Fsp3) is 0.500. The molecule has 10 heteroatoms. The Balaban J connectivity index is 1.42. The van der Waals surface area contributed by atoms with E-state index in [1.54, 1.807) is 6.07 Å². The van der Waals surface area contributed by atoms with E-state index in [0.29, 0.717) is 36.1 Å². The number of amides is 2. The summed E-state index contributed by atoms with van der Waals surface area (Å²) < 4.78 is 34.3. The molecule has 1 aromatic heterocycles. The van der Waals surface area contributed by atoms with Crippen molar-refractivity contribution >= 4 is 17.8 Å². The van der Waals surface area contributed by atoms with Gasteiger partial charge in [0.25, 0.3) is 0 Å². The van der Waals surface area contributed by atoms with Crippen molar-refractivity contribution in [1.82, 2.24) is 15.2 Å². The molecule has 1 aliphatic carbocycles. The molecule has 1 fully saturated rings. The predicted octanol–water partition coefficient (Wildman–Crippen LogP) is 4.17. The molecule has 2 amide bonds. The average Bonchev–Trinajstić information content (AvgIpc) is 3.62. The predicted molar refractivity (Wildman–Crippen MR) is 137 cm³/mol. The first-order valence-electron chi connectivity index (χ1n) is 13.0. The molecule has 3 N–H and O–H groups in total. The number of pyridine rings is 1. The summed E-state index contributed by atoms with van der Waals surface area (Å²) in [5, 5.41) is 3.07. The Morgan fingerprint density at radius 2 is 2.00 bits per heavy atom. The molecule has 3 heterocycles. The second-order valence-corrected chi connectivity index (χ2v) is 11.5. The molecule has 1 saturated carbocycles. The smallest absolute Gasteiger partial charge is 0.232 e. The van der Waals surface area contributed by atoms with Gasteiger partial charge in [-0.1, -0.05) is 6.92 Å².